The summed E-state index contributed by atoms with van der Waals surface area (Å²) in [5.74, 6) is -0.206. The van der Waals surface area contributed by atoms with Gasteiger partial charge < -0.3 is 9.16 Å². The molecular formula is C13H28O3Si. The van der Waals surface area contributed by atoms with Gasteiger partial charge in [-0.2, -0.15) is 0 Å². The predicted octanol–water partition coefficient (Wildman–Crippen LogP) is 3.74. The number of hydrogen-bond acceptors (Lipinski definition) is 3. The molecule has 0 fully saturated rings. The molecule has 4 heteroatoms. The van der Waals surface area contributed by atoms with Gasteiger partial charge in [-0.25, -0.2) is 0 Å². The standard InChI is InChI=1S/C13H28O3Si/c1-11(16-12(2)14)9-8-10-15-17(6,7)13(3,4)5/h11H,8-10H2,1-7H3/t11-/m1/s1. The molecule has 0 unspecified atom stereocenters. The van der Waals surface area contributed by atoms with Crippen molar-refractivity contribution in [3.8, 4) is 0 Å². The largest absolute Gasteiger partial charge is 0.463 e. The number of hydrogen-bond donors (Lipinski definition) is 0. The summed E-state index contributed by atoms with van der Waals surface area (Å²) in [5, 5.41) is 0.258. The van der Waals surface area contributed by atoms with E-state index in [4.69, 9.17) is 9.16 Å². The van der Waals surface area contributed by atoms with Gasteiger partial charge >= 0.3 is 5.97 Å². The predicted molar refractivity (Wildman–Crippen MR) is 73.6 cm³/mol. The van der Waals surface area contributed by atoms with Crippen LogP contribution in [0.2, 0.25) is 18.1 Å². The SMILES string of the molecule is CC(=O)O[C@H](C)CCCO[Si](C)(C)C(C)(C)C. The summed E-state index contributed by atoms with van der Waals surface area (Å²) in [5.41, 5.74) is 0. The Morgan fingerprint density at radius 3 is 2.24 bits per heavy atom. The van der Waals surface area contributed by atoms with Crippen LogP contribution >= 0.6 is 0 Å². The molecule has 0 N–H and O–H groups in total. The van der Waals surface area contributed by atoms with Crippen molar-refractivity contribution in [2.75, 3.05) is 6.61 Å². The molecule has 0 aliphatic carbocycles. The molecule has 102 valence electrons. The molecule has 0 aromatic rings. The second-order valence-electron chi connectivity index (χ2n) is 6.17. The Balaban J connectivity index is 3.82. The highest BCUT2D eigenvalue weighted by atomic mass is 28.4. The van der Waals surface area contributed by atoms with Crippen molar-refractivity contribution in [1.29, 1.82) is 0 Å². The third-order valence-corrected chi connectivity index (χ3v) is 7.93. The van der Waals surface area contributed by atoms with Gasteiger partial charge in [0.05, 0.1) is 6.10 Å². The van der Waals surface area contributed by atoms with E-state index in [-0.39, 0.29) is 17.1 Å². The Morgan fingerprint density at radius 2 is 1.82 bits per heavy atom. The van der Waals surface area contributed by atoms with E-state index < -0.39 is 8.32 Å². The fourth-order valence-electron chi connectivity index (χ4n) is 1.26. The van der Waals surface area contributed by atoms with E-state index in [1.165, 1.54) is 6.92 Å². The van der Waals surface area contributed by atoms with Crippen LogP contribution in [-0.2, 0) is 14.0 Å². The van der Waals surface area contributed by atoms with Gasteiger partial charge in [0, 0.05) is 13.5 Å². The summed E-state index contributed by atoms with van der Waals surface area (Å²) in [6.45, 7) is 15.4. The minimum absolute atomic E-state index is 0.00415. The van der Waals surface area contributed by atoms with E-state index in [9.17, 15) is 4.79 Å². The van der Waals surface area contributed by atoms with Crippen LogP contribution in [0.25, 0.3) is 0 Å². The fourth-order valence-corrected chi connectivity index (χ4v) is 2.34. The Bertz CT molecular complexity index is 244. The van der Waals surface area contributed by atoms with Crippen LogP contribution in [0, 0.1) is 0 Å². The summed E-state index contributed by atoms with van der Waals surface area (Å²) in [6, 6.07) is 0. The summed E-state index contributed by atoms with van der Waals surface area (Å²) in [7, 11) is -1.62. The van der Waals surface area contributed by atoms with Crippen LogP contribution in [0.4, 0.5) is 0 Å². The van der Waals surface area contributed by atoms with Crippen molar-refractivity contribution in [1.82, 2.24) is 0 Å². The first-order valence-electron chi connectivity index (χ1n) is 6.37. The number of esters is 1. The van der Waals surface area contributed by atoms with Gasteiger partial charge in [0.2, 0.25) is 0 Å². The second kappa shape index (κ2) is 6.54. The number of rotatable bonds is 6. The molecule has 0 spiro atoms. The summed E-state index contributed by atoms with van der Waals surface area (Å²) >= 11 is 0. The van der Waals surface area contributed by atoms with E-state index in [0.29, 0.717) is 0 Å². The molecule has 3 nitrogen and oxygen atoms in total. The van der Waals surface area contributed by atoms with E-state index in [0.717, 1.165) is 19.4 Å². The van der Waals surface area contributed by atoms with Crippen molar-refractivity contribution in [3.63, 3.8) is 0 Å². The summed E-state index contributed by atoms with van der Waals surface area (Å²) in [6.07, 6.45) is 1.81. The lowest BCUT2D eigenvalue weighted by Crippen LogP contribution is -2.41. The van der Waals surface area contributed by atoms with E-state index in [1.54, 1.807) is 0 Å². The first-order chi connectivity index (χ1) is 7.56. The molecule has 0 rings (SSSR count). The zero-order valence-electron chi connectivity index (χ0n) is 12.4. The van der Waals surface area contributed by atoms with Crippen LogP contribution in [-0.4, -0.2) is 27.0 Å². The number of carbonyl (C=O) groups is 1. The van der Waals surface area contributed by atoms with Crippen LogP contribution < -0.4 is 0 Å². The molecule has 0 saturated carbocycles. The molecule has 0 aromatic carbocycles. The highest BCUT2D eigenvalue weighted by Crippen LogP contribution is 2.36. The van der Waals surface area contributed by atoms with Crippen molar-refractivity contribution in [2.45, 2.75) is 71.7 Å². The number of ether oxygens (including phenoxy) is 1. The van der Waals surface area contributed by atoms with Crippen molar-refractivity contribution >= 4 is 14.3 Å². The van der Waals surface area contributed by atoms with Gasteiger partial charge in [-0.05, 0) is 37.9 Å². The Kier molecular flexibility index (Phi) is 6.41. The molecule has 0 aliphatic heterocycles. The first kappa shape index (κ1) is 16.6. The third kappa shape index (κ3) is 6.84. The van der Waals surface area contributed by atoms with Crippen molar-refractivity contribution < 1.29 is 14.0 Å². The fraction of sp³-hybridized carbons (Fsp3) is 0.923. The van der Waals surface area contributed by atoms with Gasteiger partial charge in [0.15, 0.2) is 8.32 Å². The van der Waals surface area contributed by atoms with Gasteiger partial charge in [-0.3, -0.25) is 4.79 Å². The molecule has 1 atom stereocenters. The van der Waals surface area contributed by atoms with Gasteiger partial charge in [-0.1, -0.05) is 20.8 Å². The average Bonchev–Trinajstić information content (AvgIpc) is 2.09. The van der Waals surface area contributed by atoms with Crippen LogP contribution in [0.1, 0.15) is 47.5 Å². The molecule has 0 bridgehead atoms. The zero-order chi connectivity index (χ0) is 13.7. The smallest absolute Gasteiger partial charge is 0.302 e. The summed E-state index contributed by atoms with van der Waals surface area (Å²) in [4.78, 5) is 10.7. The quantitative estimate of drug-likeness (QED) is 0.414. The van der Waals surface area contributed by atoms with Gasteiger partial charge in [0.25, 0.3) is 0 Å². The molecule has 0 aliphatic rings. The molecule has 0 saturated heterocycles. The monoisotopic (exact) mass is 260 g/mol. The minimum Gasteiger partial charge on any atom is -0.463 e. The van der Waals surface area contributed by atoms with E-state index in [2.05, 4.69) is 33.9 Å². The lowest BCUT2D eigenvalue weighted by atomic mass is 10.2. The molecular weight excluding hydrogens is 232 g/mol. The molecule has 0 aromatic heterocycles. The maximum absolute atomic E-state index is 10.7. The Labute approximate surface area is 107 Å². The lowest BCUT2D eigenvalue weighted by Gasteiger charge is -2.36. The van der Waals surface area contributed by atoms with Gasteiger partial charge in [-0.15, -0.1) is 0 Å². The average molecular weight is 260 g/mol. The number of carbonyl (C=O) groups excluding carboxylic acids is 1. The molecule has 0 amide bonds. The van der Waals surface area contributed by atoms with Crippen LogP contribution in [0.5, 0.6) is 0 Å². The van der Waals surface area contributed by atoms with Gasteiger partial charge in [0.1, 0.15) is 0 Å². The molecule has 17 heavy (non-hydrogen) atoms. The zero-order valence-corrected chi connectivity index (χ0v) is 13.4. The van der Waals surface area contributed by atoms with Crippen molar-refractivity contribution in [2.24, 2.45) is 0 Å². The maximum Gasteiger partial charge on any atom is 0.302 e. The Hall–Kier alpha value is -0.353. The summed E-state index contributed by atoms with van der Waals surface area (Å²) < 4.78 is 11.1. The highest BCUT2D eigenvalue weighted by molar-refractivity contribution is 6.74. The van der Waals surface area contributed by atoms with E-state index in [1.807, 2.05) is 6.92 Å². The Morgan fingerprint density at radius 1 is 1.29 bits per heavy atom. The topological polar surface area (TPSA) is 35.5 Å². The third-order valence-electron chi connectivity index (χ3n) is 3.39. The normalized spacial score (nSPS) is 14.5. The molecule has 0 heterocycles. The molecule has 0 radical (unpaired) electrons. The van der Waals surface area contributed by atoms with E-state index >= 15 is 0 Å². The second-order valence-corrected chi connectivity index (χ2v) is 11.0. The maximum atomic E-state index is 10.7. The highest BCUT2D eigenvalue weighted by Gasteiger charge is 2.36. The first-order valence-corrected chi connectivity index (χ1v) is 9.28. The van der Waals surface area contributed by atoms with Crippen LogP contribution in [0.15, 0.2) is 0 Å². The minimum atomic E-state index is -1.62. The lowest BCUT2D eigenvalue weighted by molar-refractivity contribution is -0.145. The van der Waals surface area contributed by atoms with Crippen LogP contribution in [0.3, 0.4) is 0 Å². The van der Waals surface area contributed by atoms with Crippen molar-refractivity contribution in [3.05, 3.63) is 0 Å².